The highest BCUT2D eigenvalue weighted by Crippen LogP contribution is 2.29. The molecule has 3 aromatic rings. The summed E-state index contributed by atoms with van der Waals surface area (Å²) < 4.78 is 0. The van der Waals surface area contributed by atoms with E-state index in [0.717, 1.165) is 21.5 Å². The Morgan fingerprint density at radius 1 is 1.00 bits per heavy atom. The molecule has 0 aliphatic heterocycles. The number of thioether (sulfide) groups is 1. The molecule has 0 spiro atoms. The molecule has 114 valence electrons. The van der Waals surface area contributed by atoms with Gasteiger partial charge >= 0.3 is 0 Å². The fourth-order valence-electron chi connectivity index (χ4n) is 2.42. The molecule has 3 aromatic carbocycles. The smallest absolute Gasteiger partial charge is 0.0320 e. The zero-order valence-electron chi connectivity index (χ0n) is 13.1. The van der Waals surface area contributed by atoms with E-state index >= 15 is 0 Å². The molecule has 0 saturated carbocycles. The zero-order chi connectivity index (χ0) is 16.2. The highest BCUT2D eigenvalue weighted by molar-refractivity contribution is 8.03. The van der Waals surface area contributed by atoms with Gasteiger partial charge in [-0.3, -0.25) is 0 Å². The van der Waals surface area contributed by atoms with E-state index in [0.29, 0.717) is 0 Å². The lowest BCUT2D eigenvalue weighted by molar-refractivity contribution is 1.31. The molecule has 0 radical (unpaired) electrons. The summed E-state index contributed by atoms with van der Waals surface area (Å²) in [6.07, 6.45) is 4.17. The van der Waals surface area contributed by atoms with Crippen molar-refractivity contribution < 1.29 is 0 Å². The largest absolute Gasteiger partial charge is 0.399 e. The first kappa shape index (κ1) is 15.4. The minimum Gasteiger partial charge on any atom is -0.399 e. The molecule has 1 nitrogen and oxygen atoms in total. The number of aryl methyl sites for hydroxylation is 1. The van der Waals surface area contributed by atoms with Gasteiger partial charge in [0, 0.05) is 15.5 Å². The van der Waals surface area contributed by atoms with Crippen molar-refractivity contribution >= 4 is 34.3 Å². The molecular formula is C21H19NS. The van der Waals surface area contributed by atoms with E-state index in [4.69, 9.17) is 5.73 Å². The lowest BCUT2D eigenvalue weighted by Crippen LogP contribution is -1.84. The molecule has 0 amide bonds. The van der Waals surface area contributed by atoms with Crippen LogP contribution in [0.2, 0.25) is 0 Å². The van der Waals surface area contributed by atoms with Gasteiger partial charge in [-0.1, -0.05) is 60.8 Å². The molecule has 0 aromatic heterocycles. The van der Waals surface area contributed by atoms with Crippen LogP contribution in [0.4, 0.5) is 5.69 Å². The van der Waals surface area contributed by atoms with Gasteiger partial charge in [0.15, 0.2) is 0 Å². The third-order valence-corrected chi connectivity index (χ3v) is 4.76. The molecule has 23 heavy (non-hydrogen) atoms. The second kappa shape index (κ2) is 6.76. The van der Waals surface area contributed by atoms with E-state index in [1.54, 1.807) is 11.8 Å². The second-order valence-corrected chi connectivity index (χ2v) is 6.70. The van der Waals surface area contributed by atoms with Crippen molar-refractivity contribution in [3.8, 4) is 0 Å². The summed E-state index contributed by atoms with van der Waals surface area (Å²) in [6, 6.07) is 20.7. The van der Waals surface area contributed by atoms with Crippen molar-refractivity contribution in [2.75, 3.05) is 5.73 Å². The van der Waals surface area contributed by atoms with Gasteiger partial charge in [0.1, 0.15) is 0 Å². The number of rotatable bonds is 4. The lowest BCUT2D eigenvalue weighted by atomic mass is 10.1. The molecule has 0 bridgehead atoms. The van der Waals surface area contributed by atoms with Crippen LogP contribution in [0.25, 0.3) is 16.8 Å². The second-order valence-electron chi connectivity index (χ2n) is 5.53. The average molecular weight is 317 g/mol. The summed E-state index contributed by atoms with van der Waals surface area (Å²) in [7, 11) is 0. The van der Waals surface area contributed by atoms with Crippen molar-refractivity contribution in [3.63, 3.8) is 0 Å². The fraction of sp³-hybridized carbons (Fsp3) is 0.0476. The summed E-state index contributed by atoms with van der Waals surface area (Å²) >= 11 is 1.70. The first-order chi connectivity index (χ1) is 11.1. The zero-order valence-corrected chi connectivity index (χ0v) is 13.9. The number of nitrogens with two attached hydrogens (primary N) is 1. The maximum atomic E-state index is 5.82. The van der Waals surface area contributed by atoms with E-state index in [9.17, 15) is 0 Å². The first-order valence-electron chi connectivity index (χ1n) is 7.51. The number of fused-ring (bicyclic) bond motifs is 1. The standard InChI is InChI=1S/C21H19NS/c1-15-5-3-4-6-21(15)23-16(2)7-8-17-9-10-19-14-20(22)12-11-18(19)13-17/h3-14H,2,22H2,1H3/b8-7+. The van der Waals surface area contributed by atoms with E-state index in [2.05, 4.69) is 74.2 Å². The van der Waals surface area contributed by atoms with Crippen molar-refractivity contribution in [2.45, 2.75) is 11.8 Å². The van der Waals surface area contributed by atoms with Crippen molar-refractivity contribution in [1.29, 1.82) is 0 Å². The van der Waals surface area contributed by atoms with Crippen LogP contribution in [0.15, 0.2) is 83.1 Å². The van der Waals surface area contributed by atoms with Crippen LogP contribution in [0.5, 0.6) is 0 Å². The highest BCUT2D eigenvalue weighted by atomic mass is 32.2. The SMILES string of the molecule is C=C(/C=C/c1ccc2cc(N)ccc2c1)Sc1ccccc1C. The van der Waals surface area contributed by atoms with E-state index in [1.807, 2.05) is 12.1 Å². The molecule has 0 heterocycles. The summed E-state index contributed by atoms with van der Waals surface area (Å²) in [5.41, 5.74) is 9.05. The Balaban J connectivity index is 1.76. The Morgan fingerprint density at radius 2 is 1.74 bits per heavy atom. The monoisotopic (exact) mass is 317 g/mol. The van der Waals surface area contributed by atoms with E-state index in [1.165, 1.54) is 15.8 Å². The van der Waals surface area contributed by atoms with Gasteiger partial charge < -0.3 is 5.73 Å². The van der Waals surface area contributed by atoms with Gasteiger partial charge in [-0.15, -0.1) is 0 Å². The van der Waals surface area contributed by atoms with Crippen LogP contribution in [0, 0.1) is 6.92 Å². The van der Waals surface area contributed by atoms with Gasteiger partial charge in [-0.05, 0) is 59.2 Å². The molecule has 0 unspecified atom stereocenters. The van der Waals surface area contributed by atoms with Gasteiger partial charge in [-0.2, -0.15) is 0 Å². The topological polar surface area (TPSA) is 26.0 Å². The molecular weight excluding hydrogens is 298 g/mol. The minimum atomic E-state index is 0.795. The van der Waals surface area contributed by atoms with Crippen molar-refractivity contribution in [1.82, 2.24) is 0 Å². The predicted molar refractivity (Wildman–Crippen MR) is 104 cm³/mol. The Kier molecular flexibility index (Phi) is 4.54. The van der Waals surface area contributed by atoms with Crippen LogP contribution >= 0.6 is 11.8 Å². The lowest BCUT2D eigenvalue weighted by Gasteiger charge is -2.05. The third kappa shape index (κ3) is 3.85. The molecule has 0 aliphatic carbocycles. The van der Waals surface area contributed by atoms with Gasteiger partial charge in [-0.25, -0.2) is 0 Å². The number of hydrogen-bond acceptors (Lipinski definition) is 2. The van der Waals surface area contributed by atoms with Crippen LogP contribution in [0.1, 0.15) is 11.1 Å². The summed E-state index contributed by atoms with van der Waals surface area (Å²) in [4.78, 5) is 2.27. The number of allylic oxidation sites excluding steroid dienone is 1. The normalized spacial score (nSPS) is 11.2. The quantitative estimate of drug-likeness (QED) is 0.360. The van der Waals surface area contributed by atoms with Crippen LogP contribution in [-0.4, -0.2) is 0 Å². The highest BCUT2D eigenvalue weighted by Gasteiger charge is 1.99. The number of anilines is 1. The fourth-order valence-corrected chi connectivity index (χ4v) is 3.22. The number of hydrogen-bond donors (Lipinski definition) is 1. The Labute approximate surface area is 141 Å². The summed E-state index contributed by atoms with van der Waals surface area (Å²) in [6.45, 7) is 6.26. The maximum Gasteiger partial charge on any atom is 0.0320 e. The molecule has 0 atom stereocenters. The van der Waals surface area contributed by atoms with Crippen LogP contribution in [-0.2, 0) is 0 Å². The predicted octanol–water partition coefficient (Wildman–Crippen LogP) is 6.05. The summed E-state index contributed by atoms with van der Waals surface area (Å²) in [5.74, 6) is 0. The van der Waals surface area contributed by atoms with Crippen molar-refractivity contribution in [3.05, 3.63) is 89.4 Å². The first-order valence-corrected chi connectivity index (χ1v) is 8.33. The number of benzene rings is 3. The Morgan fingerprint density at radius 3 is 2.57 bits per heavy atom. The van der Waals surface area contributed by atoms with Crippen LogP contribution < -0.4 is 5.73 Å². The third-order valence-electron chi connectivity index (χ3n) is 3.68. The number of nitrogen functional groups attached to an aromatic ring is 1. The van der Waals surface area contributed by atoms with Crippen molar-refractivity contribution in [2.24, 2.45) is 0 Å². The maximum absolute atomic E-state index is 5.82. The minimum absolute atomic E-state index is 0.795. The molecule has 2 N–H and O–H groups in total. The van der Waals surface area contributed by atoms with Crippen LogP contribution in [0.3, 0.4) is 0 Å². The van der Waals surface area contributed by atoms with E-state index < -0.39 is 0 Å². The molecule has 0 aliphatic rings. The Hall–Kier alpha value is -2.45. The van der Waals surface area contributed by atoms with E-state index in [-0.39, 0.29) is 0 Å². The van der Waals surface area contributed by atoms with Gasteiger partial charge in [0.05, 0.1) is 0 Å². The molecule has 3 rings (SSSR count). The van der Waals surface area contributed by atoms with Gasteiger partial charge in [0.2, 0.25) is 0 Å². The summed E-state index contributed by atoms with van der Waals surface area (Å²) in [5, 5.41) is 2.36. The Bertz CT molecular complexity index is 893. The van der Waals surface area contributed by atoms with Gasteiger partial charge in [0.25, 0.3) is 0 Å². The molecule has 0 fully saturated rings. The molecule has 0 saturated heterocycles. The average Bonchev–Trinajstić information content (AvgIpc) is 2.55. The molecule has 2 heteroatoms.